The number of carbonyl (C=O) groups is 2. The summed E-state index contributed by atoms with van der Waals surface area (Å²) in [5, 5.41) is 6.62. The maximum absolute atomic E-state index is 12.5. The number of aromatic nitrogens is 2. The molecule has 154 valence electrons. The molecule has 0 aliphatic heterocycles. The predicted octanol–water partition coefficient (Wildman–Crippen LogP) is 4.15. The van der Waals surface area contributed by atoms with Gasteiger partial charge in [-0.1, -0.05) is 18.2 Å². The highest BCUT2D eigenvalue weighted by atomic mass is 32.1. The minimum atomic E-state index is -0.495. The molecule has 0 aliphatic carbocycles. The number of aromatic amines is 1. The molecular formula is C23H23N3O3S. The topological polar surface area (TPSA) is 76.1 Å². The molecule has 0 fully saturated rings. The number of hydrogen-bond acceptors (Lipinski definition) is 4. The van der Waals surface area contributed by atoms with Gasteiger partial charge in [-0.3, -0.25) is 4.79 Å². The molecule has 1 aromatic carbocycles. The zero-order valence-electron chi connectivity index (χ0n) is 16.9. The summed E-state index contributed by atoms with van der Waals surface area (Å²) in [7, 11) is 0. The number of nitrogens with zero attached hydrogens (tertiary/aromatic N) is 1. The predicted molar refractivity (Wildman–Crippen MR) is 118 cm³/mol. The first-order valence-electron chi connectivity index (χ1n) is 9.76. The molecule has 0 radical (unpaired) electrons. The lowest BCUT2D eigenvalue weighted by atomic mass is 10.1. The summed E-state index contributed by atoms with van der Waals surface area (Å²) in [6.45, 7) is 4.15. The molecular weight excluding hydrogens is 398 g/mol. The van der Waals surface area contributed by atoms with Gasteiger partial charge < -0.3 is 19.6 Å². The Labute approximate surface area is 178 Å². The molecule has 0 spiro atoms. The number of hydrogen-bond donors (Lipinski definition) is 2. The van der Waals surface area contributed by atoms with Crippen molar-refractivity contribution in [2.75, 3.05) is 13.2 Å². The van der Waals surface area contributed by atoms with E-state index in [4.69, 9.17) is 4.74 Å². The Hall–Kier alpha value is -3.32. The van der Waals surface area contributed by atoms with Crippen molar-refractivity contribution in [1.29, 1.82) is 0 Å². The third kappa shape index (κ3) is 4.02. The maximum atomic E-state index is 12.5. The van der Waals surface area contributed by atoms with Crippen LogP contribution in [0.4, 0.5) is 0 Å². The molecule has 2 N–H and O–H groups in total. The lowest BCUT2D eigenvalue weighted by Gasteiger charge is -2.10. The average Bonchev–Trinajstić information content (AvgIpc) is 3.45. The summed E-state index contributed by atoms with van der Waals surface area (Å²) in [5.41, 5.74) is 4.77. The normalized spacial score (nSPS) is 11.0. The number of thiophene rings is 1. The van der Waals surface area contributed by atoms with Crippen molar-refractivity contribution in [3.63, 3.8) is 0 Å². The minimum Gasteiger partial charge on any atom is -0.452 e. The summed E-state index contributed by atoms with van der Waals surface area (Å²) in [6.07, 6.45) is 2.66. The van der Waals surface area contributed by atoms with Gasteiger partial charge in [0.2, 0.25) is 0 Å². The molecule has 0 saturated heterocycles. The maximum Gasteiger partial charge on any atom is 0.341 e. The van der Waals surface area contributed by atoms with Crippen LogP contribution in [0.5, 0.6) is 0 Å². The lowest BCUT2D eigenvalue weighted by Crippen LogP contribution is -2.30. The fraction of sp³-hybridized carbons (Fsp3) is 0.217. The first kappa shape index (κ1) is 20.0. The van der Waals surface area contributed by atoms with Crippen LogP contribution in [-0.2, 0) is 16.0 Å². The Bertz CT molecular complexity index is 1180. The summed E-state index contributed by atoms with van der Waals surface area (Å²) < 4.78 is 7.28. The summed E-state index contributed by atoms with van der Waals surface area (Å²) in [6, 6.07) is 13.8. The number of nitrogens with one attached hydrogen (secondary N) is 2. The van der Waals surface area contributed by atoms with Gasteiger partial charge >= 0.3 is 5.97 Å². The van der Waals surface area contributed by atoms with Crippen molar-refractivity contribution in [3.8, 4) is 5.00 Å². The minimum absolute atomic E-state index is 0.300. The van der Waals surface area contributed by atoms with Crippen molar-refractivity contribution in [3.05, 3.63) is 76.6 Å². The van der Waals surface area contributed by atoms with E-state index >= 15 is 0 Å². The largest absolute Gasteiger partial charge is 0.452 e. The van der Waals surface area contributed by atoms with E-state index in [2.05, 4.69) is 16.4 Å². The van der Waals surface area contributed by atoms with Gasteiger partial charge in [-0.25, -0.2) is 4.79 Å². The van der Waals surface area contributed by atoms with Crippen molar-refractivity contribution >= 4 is 34.1 Å². The van der Waals surface area contributed by atoms with Gasteiger partial charge in [0.25, 0.3) is 5.91 Å². The van der Waals surface area contributed by atoms with E-state index in [1.54, 1.807) is 6.07 Å². The first-order valence-corrected chi connectivity index (χ1v) is 10.6. The van der Waals surface area contributed by atoms with Crippen molar-refractivity contribution in [2.24, 2.45) is 0 Å². The van der Waals surface area contributed by atoms with Crippen molar-refractivity contribution in [1.82, 2.24) is 14.9 Å². The molecule has 1 amide bonds. The van der Waals surface area contributed by atoms with Gasteiger partial charge in [0, 0.05) is 35.0 Å². The number of fused-ring (bicyclic) bond motifs is 1. The highest BCUT2D eigenvalue weighted by molar-refractivity contribution is 7.13. The van der Waals surface area contributed by atoms with Crippen LogP contribution < -0.4 is 5.32 Å². The van der Waals surface area contributed by atoms with Crippen LogP contribution in [0.3, 0.4) is 0 Å². The molecule has 3 aromatic heterocycles. The summed E-state index contributed by atoms with van der Waals surface area (Å²) in [5.74, 6) is -0.807. The molecule has 6 nitrogen and oxygen atoms in total. The summed E-state index contributed by atoms with van der Waals surface area (Å²) >= 11 is 1.47. The van der Waals surface area contributed by atoms with E-state index in [9.17, 15) is 9.59 Å². The standard InChI is InChI=1S/C23H23N3O3S/c1-15-7-8-16(2)26(15)22-19(10-12-30-22)23(28)29-14-21(27)24-11-9-17-13-25-20-6-4-3-5-18(17)20/h3-8,10,12-13,25H,9,11,14H2,1-2H3,(H,24,27). The van der Waals surface area contributed by atoms with Crippen LogP contribution in [0, 0.1) is 13.8 Å². The van der Waals surface area contributed by atoms with Crippen molar-refractivity contribution in [2.45, 2.75) is 20.3 Å². The number of amides is 1. The second kappa shape index (κ2) is 8.59. The average molecular weight is 422 g/mol. The van der Waals surface area contributed by atoms with Gasteiger partial charge in [-0.05, 0) is 55.5 Å². The Kier molecular flexibility index (Phi) is 5.72. The fourth-order valence-corrected chi connectivity index (χ4v) is 4.56. The molecule has 3 heterocycles. The van der Waals surface area contributed by atoms with E-state index in [1.165, 1.54) is 11.3 Å². The molecule has 0 unspecified atom stereocenters. The van der Waals surface area contributed by atoms with Crippen LogP contribution in [-0.4, -0.2) is 34.6 Å². The van der Waals surface area contributed by atoms with Crippen LogP contribution in [0.1, 0.15) is 27.3 Å². The molecule has 0 saturated carbocycles. The van der Waals surface area contributed by atoms with E-state index < -0.39 is 5.97 Å². The van der Waals surface area contributed by atoms with Gasteiger partial charge in [0.05, 0.1) is 5.56 Å². The number of benzene rings is 1. The second-order valence-corrected chi connectivity index (χ2v) is 8.02. The van der Waals surface area contributed by atoms with Gasteiger partial charge in [-0.15, -0.1) is 11.3 Å². The number of rotatable bonds is 7. The molecule has 4 rings (SSSR count). The van der Waals surface area contributed by atoms with Gasteiger partial charge in [-0.2, -0.15) is 0 Å². The Balaban J connectivity index is 1.30. The molecule has 0 bridgehead atoms. The van der Waals surface area contributed by atoms with Crippen LogP contribution in [0.2, 0.25) is 0 Å². The SMILES string of the molecule is Cc1ccc(C)n1-c1sccc1C(=O)OCC(=O)NCCc1c[nH]c2ccccc12. The van der Waals surface area contributed by atoms with E-state index in [0.717, 1.165) is 32.9 Å². The first-order chi connectivity index (χ1) is 14.5. The van der Waals surface area contributed by atoms with E-state index in [-0.39, 0.29) is 12.5 Å². The molecule has 30 heavy (non-hydrogen) atoms. The van der Waals surface area contributed by atoms with Gasteiger partial charge in [0.1, 0.15) is 5.00 Å². The van der Waals surface area contributed by atoms with Crippen molar-refractivity contribution < 1.29 is 14.3 Å². The third-order valence-electron chi connectivity index (χ3n) is 5.06. The Morgan fingerprint density at radius 3 is 2.67 bits per heavy atom. The number of H-pyrrole nitrogens is 1. The van der Waals surface area contributed by atoms with E-state index in [1.807, 2.05) is 60.3 Å². The molecule has 7 heteroatoms. The fourth-order valence-electron chi connectivity index (χ4n) is 3.55. The monoisotopic (exact) mass is 421 g/mol. The number of ether oxygens (including phenoxy) is 1. The number of esters is 1. The van der Waals surface area contributed by atoms with Gasteiger partial charge in [0.15, 0.2) is 6.61 Å². The Morgan fingerprint density at radius 1 is 1.10 bits per heavy atom. The number of para-hydroxylation sites is 1. The lowest BCUT2D eigenvalue weighted by molar-refractivity contribution is -0.124. The van der Waals surface area contributed by atoms with Crippen LogP contribution >= 0.6 is 11.3 Å². The molecule has 0 aliphatic rings. The summed E-state index contributed by atoms with van der Waals surface area (Å²) in [4.78, 5) is 27.9. The highest BCUT2D eigenvalue weighted by Crippen LogP contribution is 2.26. The van der Waals surface area contributed by atoms with Crippen LogP contribution in [0.25, 0.3) is 15.9 Å². The molecule has 0 atom stereocenters. The quantitative estimate of drug-likeness (QED) is 0.440. The molecule has 4 aromatic rings. The highest BCUT2D eigenvalue weighted by Gasteiger charge is 2.19. The zero-order valence-corrected chi connectivity index (χ0v) is 17.7. The zero-order chi connectivity index (χ0) is 21.1. The third-order valence-corrected chi connectivity index (χ3v) is 5.96. The van der Waals surface area contributed by atoms with Crippen LogP contribution in [0.15, 0.2) is 54.0 Å². The number of carbonyl (C=O) groups excluding carboxylic acids is 2. The number of aryl methyl sites for hydroxylation is 2. The Morgan fingerprint density at radius 2 is 1.87 bits per heavy atom. The smallest absolute Gasteiger partial charge is 0.341 e. The van der Waals surface area contributed by atoms with E-state index in [0.29, 0.717) is 18.5 Å². The second-order valence-electron chi connectivity index (χ2n) is 7.13.